The monoisotopic (exact) mass is 646 g/mol. The first-order valence-corrected chi connectivity index (χ1v) is 15.3. The Bertz CT molecular complexity index is 1910. The van der Waals surface area contributed by atoms with Gasteiger partial charge in [-0.05, 0) is 38.6 Å². The molecule has 14 heteroatoms. The number of nitro groups is 1. The highest BCUT2D eigenvalue weighted by Crippen LogP contribution is 2.55. The number of nitrogens with one attached hydrogen (secondary N) is 1. The summed E-state index contributed by atoms with van der Waals surface area (Å²) in [5, 5.41) is 61.9. The van der Waals surface area contributed by atoms with Crippen LogP contribution < -0.4 is 5.32 Å². The minimum absolute atomic E-state index is 0.0455. The lowest BCUT2D eigenvalue weighted by Crippen LogP contribution is -2.61. The molecular formula is C32H30N4O9S. The maximum absolute atomic E-state index is 14.1. The summed E-state index contributed by atoms with van der Waals surface area (Å²) < 4.78 is 0. The number of hydrogen-bond acceptors (Lipinski definition) is 13. The van der Waals surface area contributed by atoms with Gasteiger partial charge in [0, 0.05) is 40.5 Å². The number of rotatable bonds is 6. The SMILES string of the molecule is CC(=O)C1=C(O)[C@@H](N(C)C)C2C(C1=O)C(=O)C1=C(O)c3c(ccc(Nc4nc(-c5cccc([N+](=O)[O-])c5)cs4)c3O)[C@H](C)C1[C@@H]2O. The number of phenolic OH excluding ortho intramolecular Hbond substituents is 1. The molecule has 3 unspecified atom stereocenters. The zero-order valence-electron chi connectivity index (χ0n) is 25.1. The number of aromatic hydroxyl groups is 1. The molecule has 3 aromatic rings. The number of phenols is 1. The van der Waals surface area contributed by atoms with Gasteiger partial charge < -0.3 is 25.7 Å². The van der Waals surface area contributed by atoms with Crippen LogP contribution >= 0.6 is 11.3 Å². The molecule has 1 aromatic heterocycles. The van der Waals surface area contributed by atoms with Gasteiger partial charge in [0.05, 0.1) is 39.9 Å². The van der Waals surface area contributed by atoms with Crippen LogP contribution in [0.15, 0.2) is 58.7 Å². The average Bonchev–Trinajstić information content (AvgIpc) is 3.46. The molecule has 6 rings (SSSR count). The van der Waals surface area contributed by atoms with E-state index in [1.807, 2.05) is 0 Å². The number of non-ortho nitro benzene ring substituents is 1. The Morgan fingerprint density at radius 3 is 2.48 bits per heavy atom. The van der Waals surface area contributed by atoms with Crippen LogP contribution in [0.5, 0.6) is 5.75 Å². The van der Waals surface area contributed by atoms with Crippen molar-refractivity contribution < 1.29 is 39.7 Å². The Morgan fingerprint density at radius 2 is 1.83 bits per heavy atom. The summed E-state index contributed by atoms with van der Waals surface area (Å²) in [7, 11) is 3.21. The van der Waals surface area contributed by atoms with Gasteiger partial charge >= 0.3 is 0 Å². The topological polar surface area (TPSA) is 203 Å². The maximum Gasteiger partial charge on any atom is 0.270 e. The summed E-state index contributed by atoms with van der Waals surface area (Å²) in [5.41, 5.74) is 0.710. The number of nitro benzene ring substituents is 1. The molecule has 3 aliphatic carbocycles. The van der Waals surface area contributed by atoms with Crippen LogP contribution in [0, 0.1) is 27.9 Å². The first-order chi connectivity index (χ1) is 21.7. The van der Waals surface area contributed by atoms with E-state index in [0.29, 0.717) is 22.0 Å². The summed E-state index contributed by atoms with van der Waals surface area (Å²) in [4.78, 5) is 56.8. The molecular weight excluding hydrogens is 616 g/mol. The smallest absolute Gasteiger partial charge is 0.270 e. The highest BCUT2D eigenvalue weighted by atomic mass is 32.1. The second-order valence-electron chi connectivity index (χ2n) is 12.0. The van der Waals surface area contributed by atoms with Crippen LogP contribution in [-0.4, -0.2) is 78.8 Å². The molecule has 46 heavy (non-hydrogen) atoms. The van der Waals surface area contributed by atoms with Gasteiger partial charge in [0.15, 0.2) is 22.5 Å². The number of thiazole rings is 1. The van der Waals surface area contributed by atoms with E-state index in [4.69, 9.17) is 0 Å². The number of aromatic nitrogens is 1. The number of nitrogens with zero attached hydrogens (tertiary/aromatic N) is 3. The summed E-state index contributed by atoms with van der Waals surface area (Å²) in [6.45, 7) is 2.85. The highest BCUT2D eigenvalue weighted by Gasteiger charge is 2.60. The van der Waals surface area contributed by atoms with Crippen molar-refractivity contribution in [3.8, 4) is 17.0 Å². The molecule has 238 valence electrons. The van der Waals surface area contributed by atoms with Crippen molar-refractivity contribution >= 4 is 51.0 Å². The van der Waals surface area contributed by atoms with Crippen molar-refractivity contribution in [3.05, 3.63) is 79.9 Å². The molecule has 0 aliphatic heterocycles. The van der Waals surface area contributed by atoms with Gasteiger partial charge in [0.2, 0.25) is 0 Å². The molecule has 13 nitrogen and oxygen atoms in total. The molecule has 5 N–H and O–H groups in total. The molecule has 1 saturated carbocycles. The van der Waals surface area contributed by atoms with Gasteiger partial charge in [-0.25, -0.2) is 4.98 Å². The summed E-state index contributed by atoms with van der Waals surface area (Å²) in [5.74, 6) is -8.12. The lowest BCUT2D eigenvalue weighted by Gasteiger charge is -2.50. The Balaban J connectivity index is 1.40. The fraction of sp³-hybridized carbons (Fsp3) is 0.312. The fourth-order valence-corrected chi connectivity index (χ4v) is 7.91. The number of hydrogen-bond donors (Lipinski definition) is 5. The standard InChI is InChI=1S/C32H30N4O9S/c1-12-16-8-9-17(33-32-34-18(11-46-32)14-6-5-7-15(10-14)36(44)45)26(38)21(16)29(41)23-19(12)27(39)22-24(30(23)42)28(40)20(13(2)37)31(43)25(22)35(3)4/h5-12,19,22,24-25,27,38-39,41,43H,1-4H3,(H,33,34)/t12-,19?,22?,24?,25-,27-/m0/s1. The van der Waals surface area contributed by atoms with E-state index in [1.165, 1.54) is 23.5 Å². The van der Waals surface area contributed by atoms with Gasteiger partial charge in [-0.1, -0.05) is 25.1 Å². The molecule has 0 spiro atoms. The van der Waals surface area contributed by atoms with E-state index < -0.39 is 80.9 Å². The number of benzene rings is 2. The van der Waals surface area contributed by atoms with Crippen LogP contribution in [0.4, 0.5) is 16.5 Å². The summed E-state index contributed by atoms with van der Waals surface area (Å²) in [6.07, 6.45) is -1.38. The molecule has 0 saturated heterocycles. The number of likely N-dealkylation sites (N-methyl/N-ethyl adjacent to an activating group) is 1. The van der Waals surface area contributed by atoms with Gasteiger partial charge in [-0.2, -0.15) is 0 Å². The lowest BCUT2D eigenvalue weighted by molar-refractivity contribution is -0.384. The first-order valence-electron chi connectivity index (χ1n) is 14.4. The largest absolute Gasteiger partial charge is 0.510 e. The normalized spacial score (nSPS) is 25.7. The van der Waals surface area contributed by atoms with E-state index in [-0.39, 0.29) is 22.5 Å². The van der Waals surface area contributed by atoms with Crippen molar-refractivity contribution in [2.24, 2.45) is 17.8 Å². The molecule has 0 bridgehead atoms. The summed E-state index contributed by atoms with van der Waals surface area (Å²) in [6, 6.07) is 8.20. The minimum Gasteiger partial charge on any atom is -0.510 e. The van der Waals surface area contributed by atoms with E-state index in [2.05, 4.69) is 10.3 Å². The Morgan fingerprint density at radius 1 is 1.11 bits per heavy atom. The van der Waals surface area contributed by atoms with Gasteiger partial charge in [0.25, 0.3) is 5.69 Å². The third kappa shape index (κ3) is 4.59. The number of anilines is 2. The Kier molecular flexibility index (Phi) is 7.54. The van der Waals surface area contributed by atoms with Gasteiger partial charge in [-0.3, -0.25) is 29.4 Å². The highest BCUT2D eigenvalue weighted by molar-refractivity contribution is 7.14. The second-order valence-corrected chi connectivity index (χ2v) is 12.8. The van der Waals surface area contributed by atoms with Gasteiger partial charge in [0.1, 0.15) is 22.8 Å². The number of ketones is 3. The lowest BCUT2D eigenvalue weighted by atomic mass is 9.56. The average molecular weight is 647 g/mol. The van der Waals surface area contributed by atoms with Crippen LogP contribution in [0.1, 0.15) is 30.9 Å². The summed E-state index contributed by atoms with van der Waals surface area (Å²) >= 11 is 1.18. The molecule has 0 amide bonds. The van der Waals surface area contributed by atoms with Crippen LogP contribution in [0.25, 0.3) is 17.0 Å². The van der Waals surface area contributed by atoms with Crippen LogP contribution in [0.2, 0.25) is 0 Å². The predicted molar refractivity (Wildman–Crippen MR) is 168 cm³/mol. The van der Waals surface area contributed by atoms with Crippen LogP contribution in [0.3, 0.4) is 0 Å². The number of Topliss-reactive ketones (excluding diaryl/α,β-unsaturated/α-hetero) is 3. The molecule has 0 radical (unpaired) electrons. The third-order valence-corrected chi connectivity index (χ3v) is 9.95. The molecule has 2 aromatic carbocycles. The second kappa shape index (κ2) is 11.2. The molecule has 6 atom stereocenters. The van der Waals surface area contributed by atoms with Crippen molar-refractivity contribution in [3.63, 3.8) is 0 Å². The van der Waals surface area contributed by atoms with Crippen molar-refractivity contribution in [2.45, 2.75) is 31.9 Å². The maximum atomic E-state index is 14.1. The number of carbonyl (C=O) groups excluding carboxylic acids is 3. The van der Waals surface area contributed by atoms with Gasteiger partial charge in [-0.15, -0.1) is 11.3 Å². The molecule has 1 fully saturated rings. The Hall–Kier alpha value is -4.92. The zero-order chi connectivity index (χ0) is 33.4. The van der Waals surface area contributed by atoms with Crippen molar-refractivity contribution in [1.82, 2.24) is 9.88 Å². The van der Waals surface area contributed by atoms with Crippen LogP contribution in [-0.2, 0) is 14.4 Å². The van der Waals surface area contributed by atoms with E-state index in [1.54, 1.807) is 55.6 Å². The van der Waals surface area contributed by atoms with Crippen molar-refractivity contribution in [2.75, 3.05) is 19.4 Å². The number of allylic oxidation sites excluding steroid dienone is 1. The first kappa shape index (κ1) is 31.1. The Labute approximate surface area is 266 Å². The number of aliphatic hydroxyl groups is 3. The number of fused-ring (bicyclic) bond motifs is 3. The molecule has 1 heterocycles. The predicted octanol–water partition coefficient (Wildman–Crippen LogP) is 4.26. The van der Waals surface area contributed by atoms with E-state index in [0.717, 1.165) is 6.92 Å². The number of carbonyl (C=O) groups is 3. The minimum atomic E-state index is -1.54. The van der Waals surface area contributed by atoms with E-state index >= 15 is 0 Å². The molecule has 3 aliphatic rings. The van der Waals surface area contributed by atoms with E-state index in [9.17, 15) is 44.9 Å². The van der Waals surface area contributed by atoms with Crippen molar-refractivity contribution in [1.29, 1.82) is 0 Å². The third-order valence-electron chi connectivity index (χ3n) is 9.20. The number of aliphatic hydroxyl groups excluding tert-OH is 3. The zero-order valence-corrected chi connectivity index (χ0v) is 25.9. The fourth-order valence-electron chi connectivity index (χ4n) is 7.17. The quantitative estimate of drug-likeness (QED) is 0.0838.